The highest BCUT2D eigenvalue weighted by molar-refractivity contribution is 7.81. The molecule has 0 aliphatic rings. The molecule has 0 saturated carbocycles. The van der Waals surface area contributed by atoms with Crippen molar-refractivity contribution in [3.05, 3.63) is 53.8 Å². The number of amides is 1. The number of carbonyl (C=O) groups excluding carboxylic acids is 1. The summed E-state index contributed by atoms with van der Waals surface area (Å²) in [5.74, 6) is 1.45. The Kier molecular flexibility index (Phi) is 6.40. The van der Waals surface area contributed by atoms with E-state index in [9.17, 15) is 4.79 Å². The molecular formula is C20H18N10O2S2. The van der Waals surface area contributed by atoms with Crippen molar-refractivity contribution in [1.29, 1.82) is 0 Å². The summed E-state index contributed by atoms with van der Waals surface area (Å²) in [6.07, 6.45) is 0.711. The van der Waals surface area contributed by atoms with Crippen LogP contribution in [0.4, 0.5) is 10.5 Å². The molecule has 3 aromatic heterocycles. The van der Waals surface area contributed by atoms with E-state index >= 15 is 0 Å². The highest BCUT2D eigenvalue weighted by Crippen LogP contribution is 2.27. The van der Waals surface area contributed by atoms with Crippen molar-refractivity contribution in [2.75, 3.05) is 11.4 Å². The van der Waals surface area contributed by atoms with Crippen LogP contribution < -0.4 is 9.64 Å². The van der Waals surface area contributed by atoms with Gasteiger partial charge < -0.3 is 4.74 Å². The number of tetrazole rings is 2. The fraction of sp³-hybridized carbons (Fsp3) is 0.200. The molecule has 1 atom stereocenters. The van der Waals surface area contributed by atoms with Gasteiger partial charge in [0.25, 0.3) is 0 Å². The summed E-state index contributed by atoms with van der Waals surface area (Å²) < 4.78 is 6.66. The van der Waals surface area contributed by atoms with E-state index in [0.717, 1.165) is 15.8 Å². The Hall–Kier alpha value is -3.91. The highest BCUT2D eigenvalue weighted by Gasteiger charge is 2.22. The number of H-pyrrole nitrogens is 2. The van der Waals surface area contributed by atoms with Gasteiger partial charge in [-0.25, -0.2) is 9.78 Å². The predicted molar refractivity (Wildman–Crippen MR) is 128 cm³/mol. The average molecular weight is 495 g/mol. The Bertz CT molecular complexity index is 1360. The number of rotatable bonds is 8. The number of thiol groups is 1. The molecule has 0 spiro atoms. The monoisotopic (exact) mass is 494 g/mol. The maximum atomic E-state index is 13.2. The Labute approximate surface area is 202 Å². The van der Waals surface area contributed by atoms with Crippen molar-refractivity contribution in [3.8, 4) is 17.1 Å². The maximum Gasteiger partial charge on any atom is 0.419 e. The first-order chi connectivity index (χ1) is 16.7. The van der Waals surface area contributed by atoms with Crippen LogP contribution >= 0.6 is 24.0 Å². The molecule has 172 valence electrons. The summed E-state index contributed by atoms with van der Waals surface area (Å²) in [5, 5.41) is 27.6. The number of hydrogen-bond acceptors (Lipinski definition) is 11. The Morgan fingerprint density at radius 3 is 2.68 bits per heavy atom. The number of benzene rings is 2. The standard InChI is InChI=1S/C20H18N10O2S2/c31-20(32-14-4-1-12(2-5-14)19-24-28-29-25-19)30(10-15(33)6-8-18-22-26-27-23-18)13-3-7-16-17(9-13)34-11-21-16/h1-5,7,9,11,15,33H,6,8,10H2,(H,22,23,26,27)(H,24,25,28,29). The lowest BCUT2D eigenvalue weighted by molar-refractivity contribution is 0.207. The van der Waals surface area contributed by atoms with Gasteiger partial charge in [0.05, 0.1) is 15.7 Å². The lowest BCUT2D eigenvalue weighted by Gasteiger charge is -2.25. The molecule has 3 heterocycles. The quantitative estimate of drug-likeness (QED) is 0.276. The molecule has 1 unspecified atom stereocenters. The van der Waals surface area contributed by atoms with E-state index < -0.39 is 6.09 Å². The molecular weight excluding hydrogens is 476 g/mol. The summed E-state index contributed by atoms with van der Waals surface area (Å²) in [4.78, 5) is 19.1. The van der Waals surface area contributed by atoms with Crippen LogP contribution in [-0.2, 0) is 6.42 Å². The molecule has 14 heteroatoms. The molecule has 34 heavy (non-hydrogen) atoms. The second-order valence-electron chi connectivity index (χ2n) is 7.26. The van der Waals surface area contributed by atoms with E-state index in [1.54, 1.807) is 34.7 Å². The van der Waals surface area contributed by atoms with Crippen molar-refractivity contribution in [2.24, 2.45) is 0 Å². The number of nitrogens with one attached hydrogen (secondary N) is 2. The molecule has 0 aliphatic heterocycles. The van der Waals surface area contributed by atoms with Crippen LogP contribution in [0, 0.1) is 0 Å². The van der Waals surface area contributed by atoms with Crippen molar-refractivity contribution >= 4 is 46.0 Å². The third-order valence-electron chi connectivity index (χ3n) is 4.99. The summed E-state index contributed by atoms with van der Waals surface area (Å²) in [5.41, 5.74) is 4.09. The first kappa shape index (κ1) is 21.9. The number of nitrogens with zero attached hydrogens (tertiary/aromatic N) is 8. The minimum atomic E-state index is -0.519. The molecule has 1 amide bonds. The van der Waals surface area contributed by atoms with Crippen LogP contribution in [0.3, 0.4) is 0 Å². The molecule has 12 nitrogen and oxygen atoms in total. The Balaban J connectivity index is 1.33. The maximum absolute atomic E-state index is 13.2. The number of aromatic nitrogens is 9. The van der Waals surface area contributed by atoms with Crippen LogP contribution in [-0.4, -0.2) is 64.1 Å². The van der Waals surface area contributed by atoms with Gasteiger partial charge in [0.15, 0.2) is 5.82 Å². The van der Waals surface area contributed by atoms with Crippen molar-refractivity contribution in [3.63, 3.8) is 0 Å². The third kappa shape index (κ3) is 5.02. The number of aromatic amines is 2. The van der Waals surface area contributed by atoms with E-state index in [4.69, 9.17) is 17.4 Å². The van der Waals surface area contributed by atoms with Gasteiger partial charge in [-0.05, 0) is 54.1 Å². The van der Waals surface area contributed by atoms with Crippen LogP contribution in [0.25, 0.3) is 21.6 Å². The lowest BCUT2D eigenvalue weighted by Crippen LogP contribution is -2.38. The van der Waals surface area contributed by atoms with Gasteiger partial charge in [-0.15, -0.1) is 31.7 Å². The molecule has 0 radical (unpaired) electrons. The number of hydrogen-bond donors (Lipinski definition) is 3. The second-order valence-corrected chi connectivity index (χ2v) is 8.88. The number of ether oxygens (including phenoxy) is 1. The van der Waals surface area contributed by atoms with Gasteiger partial charge in [-0.3, -0.25) is 4.90 Å². The van der Waals surface area contributed by atoms with Gasteiger partial charge in [0, 0.05) is 29.5 Å². The number of carbonyl (C=O) groups is 1. The zero-order valence-electron chi connectivity index (χ0n) is 17.6. The van der Waals surface area contributed by atoms with Crippen molar-refractivity contribution in [2.45, 2.75) is 18.1 Å². The van der Waals surface area contributed by atoms with E-state index in [2.05, 4.69) is 46.2 Å². The summed E-state index contributed by atoms with van der Waals surface area (Å²) in [6, 6.07) is 12.5. The smallest absolute Gasteiger partial charge is 0.410 e. The van der Waals surface area contributed by atoms with Crippen LogP contribution in [0.2, 0.25) is 0 Å². The summed E-state index contributed by atoms with van der Waals surface area (Å²) in [7, 11) is 0. The first-order valence-corrected chi connectivity index (χ1v) is 11.6. The summed E-state index contributed by atoms with van der Waals surface area (Å²) in [6.45, 7) is 0.324. The SMILES string of the molecule is O=C(Oc1ccc(-c2nn[nH]n2)cc1)N(CC(S)CCc1nn[nH]n1)c1ccc2ncsc2c1. The normalized spacial score (nSPS) is 12.0. The number of fused-ring (bicyclic) bond motifs is 1. The van der Waals surface area contributed by atoms with Crippen LogP contribution in [0.5, 0.6) is 5.75 Å². The van der Waals surface area contributed by atoms with E-state index in [-0.39, 0.29) is 5.25 Å². The van der Waals surface area contributed by atoms with Gasteiger partial charge in [0.1, 0.15) is 5.75 Å². The van der Waals surface area contributed by atoms with Crippen molar-refractivity contribution < 1.29 is 9.53 Å². The average Bonchev–Trinajstić information content (AvgIpc) is 3.63. The van der Waals surface area contributed by atoms with E-state index in [1.807, 2.05) is 18.2 Å². The largest absolute Gasteiger partial charge is 0.419 e. The Morgan fingerprint density at radius 1 is 1.09 bits per heavy atom. The number of aryl methyl sites for hydroxylation is 1. The van der Waals surface area contributed by atoms with Gasteiger partial charge >= 0.3 is 6.09 Å². The fourth-order valence-corrected chi connectivity index (χ4v) is 4.30. The molecule has 2 N–H and O–H groups in total. The number of anilines is 1. The topological polar surface area (TPSA) is 151 Å². The fourth-order valence-electron chi connectivity index (χ4n) is 3.30. The molecule has 0 bridgehead atoms. The summed E-state index contributed by atoms with van der Waals surface area (Å²) >= 11 is 6.20. The first-order valence-electron chi connectivity index (χ1n) is 10.2. The molecule has 2 aromatic carbocycles. The van der Waals surface area contributed by atoms with Crippen LogP contribution in [0.1, 0.15) is 12.2 Å². The lowest BCUT2D eigenvalue weighted by atomic mass is 10.2. The molecule has 0 saturated heterocycles. The molecule has 5 aromatic rings. The van der Waals surface area contributed by atoms with Crippen molar-refractivity contribution in [1.82, 2.24) is 46.2 Å². The predicted octanol–water partition coefficient (Wildman–Crippen LogP) is 2.93. The Morgan fingerprint density at radius 2 is 1.91 bits per heavy atom. The van der Waals surface area contributed by atoms with Gasteiger partial charge in [-0.2, -0.15) is 23.1 Å². The number of thiazole rings is 1. The second kappa shape index (κ2) is 9.93. The minimum Gasteiger partial charge on any atom is -0.410 e. The minimum absolute atomic E-state index is 0.149. The molecule has 0 aliphatic carbocycles. The van der Waals surface area contributed by atoms with Gasteiger partial charge in [-0.1, -0.05) is 5.21 Å². The van der Waals surface area contributed by atoms with Gasteiger partial charge in [0.2, 0.25) is 5.82 Å². The van der Waals surface area contributed by atoms with Crippen LogP contribution in [0.15, 0.2) is 48.0 Å². The zero-order chi connectivity index (χ0) is 23.3. The molecule has 0 fully saturated rings. The van der Waals surface area contributed by atoms with E-state index in [0.29, 0.717) is 42.5 Å². The zero-order valence-corrected chi connectivity index (χ0v) is 19.3. The third-order valence-corrected chi connectivity index (χ3v) is 6.21. The molecule has 5 rings (SSSR count). The highest BCUT2D eigenvalue weighted by atomic mass is 32.1. The van der Waals surface area contributed by atoms with E-state index in [1.165, 1.54) is 11.3 Å².